The van der Waals surface area contributed by atoms with Crippen LogP contribution in [0, 0.1) is 35.5 Å². The lowest BCUT2D eigenvalue weighted by atomic mass is 9.50. The highest BCUT2D eigenvalue weighted by Crippen LogP contribution is 2.58. The molecule has 2 heterocycles. The van der Waals surface area contributed by atoms with E-state index in [-0.39, 0.29) is 0 Å². The van der Waals surface area contributed by atoms with Gasteiger partial charge in [0.1, 0.15) is 11.1 Å². The summed E-state index contributed by atoms with van der Waals surface area (Å²) >= 11 is 0. The quantitative estimate of drug-likeness (QED) is 0.717. The molecule has 0 radical (unpaired) electrons. The van der Waals surface area contributed by atoms with Crippen molar-refractivity contribution in [2.24, 2.45) is 30.7 Å². The average molecular weight is 323 g/mol. The number of aryl methyl sites for hydroxylation is 1. The van der Waals surface area contributed by atoms with Crippen LogP contribution < -0.4 is 5.73 Å². The summed E-state index contributed by atoms with van der Waals surface area (Å²) in [5.74, 6) is 9.08. The van der Waals surface area contributed by atoms with E-state index in [9.17, 15) is 5.11 Å². The van der Waals surface area contributed by atoms with E-state index in [0.717, 1.165) is 37.5 Å². The van der Waals surface area contributed by atoms with E-state index in [4.69, 9.17) is 5.73 Å². The largest absolute Gasteiger partial charge is 0.382 e. The zero-order chi connectivity index (χ0) is 16.5. The molecule has 6 heteroatoms. The van der Waals surface area contributed by atoms with E-state index >= 15 is 0 Å². The molecule has 6 nitrogen and oxygen atoms in total. The summed E-state index contributed by atoms with van der Waals surface area (Å²) in [5.41, 5.74) is 6.35. The van der Waals surface area contributed by atoms with E-state index in [1.54, 1.807) is 10.9 Å². The third kappa shape index (κ3) is 1.91. The van der Waals surface area contributed by atoms with E-state index < -0.39 is 5.60 Å². The van der Waals surface area contributed by atoms with Crippen molar-refractivity contribution < 1.29 is 5.11 Å². The predicted molar refractivity (Wildman–Crippen MR) is 89.6 cm³/mol. The van der Waals surface area contributed by atoms with E-state index in [2.05, 4.69) is 26.8 Å². The molecule has 4 bridgehead atoms. The Morgan fingerprint density at radius 3 is 2.50 bits per heavy atom. The molecular formula is C18H21N5O. The van der Waals surface area contributed by atoms with Crippen LogP contribution in [0.15, 0.2) is 6.33 Å². The van der Waals surface area contributed by atoms with E-state index in [0.29, 0.717) is 34.6 Å². The van der Waals surface area contributed by atoms with Gasteiger partial charge < -0.3 is 15.4 Å². The van der Waals surface area contributed by atoms with Gasteiger partial charge in [0.05, 0.1) is 6.33 Å². The first-order valence-corrected chi connectivity index (χ1v) is 8.73. The van der Waals surface area contributed by atoms with Gasteiger partial charge in [-0.05, 0) is 61.7 Å². The van der Waals surface area contributed by atoms with Gasteiger partial charge in [0, 0.05) is 7.05 Å². The Balaban J connectivity index is 1.53. The first kappa shape index (κ1) is 14.2. The molecule has 0 amide bonds. The minimum Gasteiger partial charge on any atom is -0.382 e. The number of fused-ring (bicyclic) bond motifs is 1. The molecule has 0 aromatic carbocycles. The van der Waals surface area contributed by atoms with Gasteiger partial charge in [-0.25, -0.2) is 15.0 Å². The summed E-state index contributed by atoms with van der Waals surface area (Å²) in [5, 5.41) is 11.3. The molecule has 2 aromatic heterocycles. The summed E-state index contributed by atoms with van der Waals surface area (Å²) in [6.45, 7) is 0. The van der Waals surface area contributed by atoms with Crippen LogP contribution in [0.1, 0.15) is 37.9 Å². The Kier molecular flexibility index (Phi) is 2.79. The van der Waals surface area contributed by atoms with Crippen molar-refractivity contribution in [3.05, 3.63) is 12.2 Å². The van der Waals surface area contributed by atoms with Gasteiger partial charge in [-0.2, -0.15) is 0 Å². The molecule has 4 aliphatic rings. The van der Waals surface area contributed by atoms with Gasteiger partial charge in [-0.15, -0.1) is 0 Å². The third-order valence-corrected chi connectivity index (χ3v) is 6.34. The fourth-order valence-electron chi connectivity index (χ4n) is 5.35. The van der Waals surface area contributed by atoms with Crippen LogP contribution in [0.4, 0.5) is 5.82 Å². The molecule has 0 aliphatic heterocycles. The number of hydrogen-bond acceptors (Lipinski definition) is 5. The second-order valence-corrected chi connectivity index (χ2v) is 7.84. The molecule has 0 atom stereocenters. The van der Waals surface area contributed by atoms with Gasteiger partial charge in [0.2, 0.25) is 5.82 Å². The van der Waals surface area contributed by atoms with Crippen molar-refractivity contribution in [2.75, 3.05) is 5.73 Å². The van der Waals surface area contributed by atoms with Gasteiger partial charge in [0.25, 0.3) is 0 Å². The highest BCUT2D eigenvalue weighted by atomic mass is 16.3. The first-order chi connectivity index (χ1) is 11.5. The van der Waals surface area contributed by atoms with Gasteiger partial charge in [-0.3, -0.25) is 0 Å². The van der Waals surface area contributed by atoms with Gasteiger partial charge in [0.15, 0.2) is 11.5 Å². The van der Waals surface area contributed by atoms with Gasteiger partial charge >= 0.3 is 0 Å². The number of aliphatic hydroxyl groups is 1. The number of anilines is 1. The summed E-state index contributed by atoms with van der Waals surface area (Å²) in [7, 11) is 1.87. The number of nitrogens with zero attached hydrogens (tertiary/aromatic N) is 4. The molecular weight excluding hydrogens is 302 g/mol. The van der Waals surface area contributed by atoms with Crippen LogP contribution in [-0.4, -0.2) is 30.2 Å². The zero-order valence-corrected chi connectivity index (χ0v) is 13.7. The maximum atomic E-state index is 11.3. The van der Waals surface area contributed by atoms with Crippen LogP contribution in [-0.2, 0) is 7.05 Å². The second-order valence-electron chi connectivity index (χ2n) is 7.84. The Labute approximate surface area is 140 Å². The molecule has 0 saturated heterocycles. The van der Waals surface area contributed by atoms with Crippen molar-refractivity contribution in [1.82, 2.24) is 19.5 Å². The van der Waals surface area contributed by atoms with E-state index in [1.807, 2.05) is 7.05 Å². The van der Waals surface area contributed by atoms with Crippen molar-refractivity contribution in [2.45, 2.75) is 37.7 Å². The Hall–Kier alpha value is -2.13. The van der Waals surface area contributed by atoms with Crippen LogP contribution in [0.5, 0.6) is 0 Å². The molecule has 0 unspecified atom stereocenters. The molecule has 24 heavy (non-hydrogen) atoms. The fourth-order valence-corrected chi connectivity index (χ4v) is 5.35. The molecule has 124 valence electrons. The predicted octanol–water partition coefficient (Wildman–Crippen LogP) is 1.48. The summed E-state index contributed by atoms with van der Waals surface area (Å²) in [6.07, 6.45) is 7.47. The van der Waals surface area contributed by atoms with Crippen molar-refractivity contribution in [3.8, 4) is 11.8 Å². The van der Waals surface area contributed by atoms with E-state index in [1.165, 1.54) is 6.42 Å². The minimum atomic E-state index is -0.882. The van der Waals surface area contributed by atoms with Crippen molar-refractivity contribution in [3.63, 3.8) is 0 Å². The number of aromatic nitrogens is 4. The monoisotopic (exact) mass is 323 g/mol. The Morgan fingerprint density at radius 2 is 1.83 bits per heavy atom. The first-order valence-electron chi connectivity index (χ1n) is 8.73. The lowest BCUT2D eigenvalue weighted by molar-refractivity contribution is -0.136. The molecule has 0 spiro atoms. The normalized spacial score (nSPS) is 36.8. The lowest BCUT2D eigenvalue weighted by Gasteiger charge is -2.56. The number of nitrogen functional groups attached to an aromatic ring is 1. The van der Waals surface area contributed by atoms with Crippen molar-refractivity contribution >= 4 is 17.0 Å². The maximum Gasteiger partial charge on any atom is 0.209 e. The Morgan fingerprint density at radius 1 is 1.17 bits per heavy atom. The highest BCUT2D eigenvalue weighted by Gasteiger charge is 2.55. The number of rotatable bonds is 0. The van der Waals surface area contributed by atoms with Crippen LogP contribution in [0.2, 0.25) is 0 Å². The molecule has 3 N–H and O–H groups in total. The topological polar surface area (TPSA) is 89.9 Å². The zero-order valence-electron chi connectivity index (χ0n) is 13.7. The molecule has 2 aromatic rings. The smallest absolute Gasteiger partial charge is 0.209 e. The fraction of sp³-hybridized carbons (Fsp3) is 0.611. The van der Waals surface area contributed by atoms with Gasteiger partial charge in [-0.1, -0.05) is 5.92 Å². The standard InChI is InChI=1S/C18H21N5O/c1-23-9-20-15-16(19)21-14(22-17(15)23)2-3-18(24)12-5-10-4-11(7-12)8-13(18)6-10/h9-13,24H,4-8H2,1H3,(H2,19,21,22). The molecule has 4 fully saturated rings. The maximum absolute atomic E-state index is 11.3. The molecule has 4 aliphatic carbocycles. The summed E-state index contributed by atoms with van der Waals surface area (Å²) in [6, 6.07) is 0. The van der Waals surface area contributed by atoms with Crippen LogP contribution >= 0.6 is 0 Å². The average Bonchev–Trinajstić information content (AvgIpc) is 2.92. The third-order valence-electron chi connectivity index (χ3n) is 6.34. The lowest BCUT2D eigenvalue weighted by Crippen LogP contribution is -2.56. The number of hydrogen-bond donors (Lipinski definition) is 2. The summed E-state index contributed by atoms with van der Waals surface area (Å²) in [4.78, 5) is 12.9. The summed E-state index contributed by atoms with van der Waals surface area (Å²) < 4.78 is 1.80. The van der Waals surface area contributed by atoms with Crippen LogP contribution in [0.3, 0.4) is 0 Å². The SMILES string of the molecule is Cn1cnc2c(N)nc(C#CC3(O)C4CC5CC(C4)CC3C5)nc21. The molecule has 4 saturated carbocycles. The number of nitrogens with two attached hydrogens (primary N) is 1. The van der Waals surface area contributed by atoms with Crippen molar-refractivity contribution in [1.29, 1.82) is 0 Å². The highest BCUT2D eigenvalue weighted by molar-refractivity contribution is 5.81. The Bertz CT molecular complexity index is 862. The number of imidazole rings is 1. The minimum absolute atomic E-state index is 0.305. The van der Waals surface area contributed by atoms with Crippen LogP contribution in [0.25, 0.3) is 11.2 Å². The molecule has 6 rings (SSSR count). The second kappa shape index (κ2) is 4.70.